The minimum absolute atomic E-state index is 0.0146. The standard InChI is InChI=1S/C21H17N5O8S2/c1-31-21(30)34-15-7-36-19(23-15)25-17(27)12(5-11-6-35-8-22-11)26-18(28)16(24-20(26)29)10-2-3-13-14(4-10)33-9-32-13/h2-4,6-8,12,16H,5,9H2,1H3,(H,24,29)(H,23,25,27)/t12-,16?/m0/s1. The number of carbonyl (C=O) groups excluding carboxylic acids is 4. The van der Waals surface area contributed by atoms with Crippen LogP contribution in [0.3, 0.4) is 0 Å². The van der Waals surface area contributed by atoms with Gasteiger partial charge in [-0.15, -0.1) is 22.7 Å². The number of nitrogens with zero attached hydrogens (tertiary/aromatic N) is 3. The smallest absolute Gasteiger partial charge is 0.454 e. The average molecular weight is 532 g/mol. The molecular weight excluding hydrogens is 514 g/mol. The maximum Gasteiger partial charge on any atom is 0.514 e. The van der Waals surface area contributed by atoms with Crippen LogP contribution in [0.15, 0.2) is 34.5 Å². The Bertz CT molecular complexity index is 1330. The van der Waals surface area contributed by atoms with Crippen LogP contribution in [0.25, 0.3) is 0 Å². The second-order valence-electron chi connectivity index (χ2n) is 7.44. The first-order chi connectivity index (χ1) is 17.4. The van der Waals surface area contributed by atoms with Crippen molar-refractivity contribution >= 4 is 51.8 Å². The van der Waals surface area contributed by atoms with Crippen molar-refractivity contribution in [3.05, 3.63) is 45.7 Å². The fourth-order valence-corrected chi connectivity index (χ4v) is 4.81. The van der Waals surface area contributed by atoms with Crippen LogP contribution in [0.4, 0.5) is 14.7 Å². The molecule has 3 aromatic rings. The molecule has 186 valence electrons. The van der Waals surface area contributed by atoms with Crippen LogP contribution >= 0.6 is 22.7 Å². The van der Waals surface area contributed by atoms with E-state index < -0.39 is 36.1 Å². The molecule has 2 aliphatic rings. The fourth-order valence-electron chi connectivity index (χ4n) is 3.62. The van der Waals surface area contributed by atoms with E-state index in [-0.39, 0.29) is 24.2 Å². The van der Waals surface area contributed by atoms with Gasteiger partial charge in [0.15, 0.2) is 16.6 Å². The number of carbonyl (C=O) groups is 4. The molecular formula is C21H17N5O8S2. The Morgan fingerprint density at radius 2 is 2.11 bits per heavy atom. The van der Waals surface area contributed by atoms with E-state index in [2.05, 4.69) is 25.3 Å². The highest BCUT2D eigenvalue weighted by atomic mass is 32.1. The van der Waals surface area contributed by atoms with E-state index in [1.54, 1.807) is 29.1 Å². The van der Waals surface area contributed by atoms with Gasteiger partial charge in [-0.1, -0.05) is 6.07 Å². The average Bonchev–Trinajstić information content (AvgIpc) is 3.66. The number of nitrogens with one attached hydrogen (secondary N) is 2. The van der Waals surface area contributed by atoms with E-state index >= 15 is 0 Å². The van der Waals surface area contributed by atoms with Gasteiger partial charge >= 0.3 is 12.2 Å². The predicted molar refractivity (Wildman–Crippen MR) is 124 cm³/mol. The van der Waals surface area contributed by atoms with E-state index in [1.807, 2.05) is 0 Å². The first-order valence-corrected chi connectivity index (χ1v) is 12.2. The highest BCUT2D eigenvalue weighted by Crippen LogP contribution is 2.36. The molecule has 5 rings (SSSR count). The molecule has 1 aromatic carbocycles. The van der Waals surface area contributed by atoms with Crippen molar-refractivity contribution in [2.24, 2.45) is 0 Å². The summed E-state index contributed by atoms with van der Waals surface area (Å²) in [6.45, 7) is 0.0644. The van der Waals surface area contributed by atoms with Gasteiger partial charge in [-0.25, -0.2) is 19.5 Å². The van der Waals surface area contributed by atoms with E-state index in [4.69, 9.17) is 14.2 Å². The van der Waals surface area contributed by atoms with E-state index in [1.165, 1.54) is 16.7 Å². The van der Waals surface area contributed by atoms with Gasteiger partial charge in [-0.2, -0.15) is 4.98 Å². The monoisotopic (exact) mass is 531 g/mol. The largest absolute Gasteiger partial charge is 0.514 e. The van der Waals surface area contributed by atoms with Crippen molar-refractivity contribution in [2.45, 2.75) is 18.5 Å². The summed E-state index contributed by atoms with van der Waals surface area (Å²) < 4.78 is 19.9. The Morgan fingerprint density at radius 1 is 1.28 bits per heavy atom. The number of amides is 4. The van der Waals surface area contributed by atoms with Crippen LogP contribution in [0.2, 0.25) is 0 Å². The summed E-state index contributed by atoms with van der Waals surface area (Å²) in [7, 11) is 1.15. The molecule has 0 bridgehead atoms. The summed E-state index contributed by atoms with van der Waals surface area (Å²) in [4.78, 5) is 60.0. The zero-order valence-electron chi connectivity index (χ0n) is 18.5. The number of methoxy groups -OCH3 is 1. The van der Waals surface area contributed by atoms with Gasteiger partial charge in [0.25, 0.3) is 5.91 Å². The molecule has 2 N–H and O–H groups in total. The van der Waals surface area contributed by atoms with E-state index in [0.29, 0.717) is 22.8 Å². The molecule has 0 radical (unpaired) electrons. The number of anilines is 1. The maximum absolute atomic E-state index is 13.4. The van der Waals surface area contributed by atoms with Crippen molar-refractivity contribution in [2.75, 3.05) is 19.2 Å². The van der Waals surface area contributed by atoms with Crippen molar-refractivity contribution in [3.63, 3.8) is 0 Å². The van der Waals surface area contributed by atoms with Gasteiger partial charge in [0.05, 0.1) is 23.7 Å². The van der Waals surface area contributed by atoms with Gasteiger partial charge in [-0.3, -0.25) is 9.59 Å². The molecule has 1 fully saturated rings. The molecule has 2 atom stereocenters. The Hall–Kier alpha value is -4.24. The number of thiazole rings is 2. The lowest BCUT2D eigenvalue weighted by atomic mass is 10.0. The van der Waals surface area contributed by atoms with Crippen LogP contribution in [0.5, 0.6) is 17.4 Å². The maximum atomic E-state index is 13.4. The van der Waals surface area contributed by atoms with Gasteiger partial charge in [0, 0.05) is 11.8 Å². The number of hydrogen-bond donors (Lipinski definition) is 2. The van der Waals surface area contributed by atoms with Gasteiger partial charge in [0.2, 0.25) is 18.6 Å². The summed E-state index contributed by atoms with van der Waals surface area (Å²) in [5.74, 6) is -0.360. The Labute approximate surface area is 210 Å². The summed E-state index contributed by atoms with van der Waals surface area (Å²) in [6.07, 6.45) is -0.979. The number of ether oxygens (including phenoxy) is 4. The number of fused-ring (bicyclic) bond motifs is 1. The van der Waals surface area contributed by atoms with Crippen molar-refractivity contribution in [1.82, 2.24) is 20.2 Å². The van der Waals surface area contributed by atoms with Crippen LogP contribution in [-0.2, 0) is 20.7 Å². The molecule has 1 saturated heterocycles. The van der Waals surface area contributed by atoms with E-state index in [9.17, 15) is 19.2 Å². The summed E-state index contributed by atoms with van der Waals surface area (Å²) >= 11 is 2.31. The molecule has 4 heterocycles. The lowest BCUT2D eigenvalue weighted by Crippen LogP contribution is -2.49. The van der Waals surface area contributed by atoms with Gasteiger partial charge < -0.3 is 29.6 Å². The fraction of sp³-hybridized carbons (Fsp3) is 0.238. The summed E-state index contributed by atoms with van der Waals surface area (Å²) in [5.41, 5.74) is 2.60. The molecule has 0 saturated carbocycles. The number of aromatic nitrogens is 2. The van der Waals surface area contributed by atoms with Crippen LogP contribution in [0.1, 0.15) is 17.3 Å². The Balaban J connectivity index is 1.38. The summed E-state index contributed by atoms with van der Waals surface area (Å²) in [5, 5.41) is 8.42. The highest BCUT2D eigenvalue weighted by molar-refractivity contribution is 7.14. The zero-order valence-corrected chi connectivity index (χ0v) is 20.1. The molecule has 4 amide bonds. The molecule has 36 heavy (non-hydrogen) atoms. The minimum Gasteiger partial charge on any atom is -0.454 e. The van der Waals surface area contributed by atoms with Crippen molar-refractivity contribution in [3.8, 4) is 17.4 Å². The first-order valence-electron chi connectivity index (χ1n) is 10.4. The number of urea groups is 1. The topological polar surface area (TPSA) is 158 Å². The normalized spacial score (nSPS) is 17.0. The molecule has 0 aliphatic carbocycles. The predicted octanol–water partition coefficient (Wildman–Crippen LogP) is 2.32. The summed E-state index contributed by atoms with van der Waals surface area (Å²) in [6, 6.07) is 1.93. The number of benzene rings is 1. The quantitative estimate of drug-likeness (QED) is 0.342. The Morgan fingerprint density at radius 3 is 2.89 bits per heavy atom. The van der Waals surface area contributed by atoms with Crippen LogP contribution in [-0.4, -0.2) is 58.8 Å². The highest BCUT2D eigenvalue weighted by Gasteiger charge is 2.46. The molecule has 2 aliphatic heterocycles. The third kappa shape index (κ3) is 4.65. The third-order valence-electron chi connectivity index (χ3n) is 5.27. The number of hydrogen-bond acceptors (Lipinski definition) is 12. The molecule has 13 nitrogen and oxygen atoms in total. The molecule has 15 heteroatoms. The van der Waals surface area contributed by atoms with Gasteiger partial charge in [-0.05, 0) is 17.7 Å². The van der Waals surface area contributed by atoms with Crippen LogP contribution in [0, 0.1) is 0 Å². The first kappa shape index (κ1) is 23.5. The second-order valence-corrected chi connectivity index (χ2v) is 9.02. The second kappa shape index (κ2) is 9.79. The molecule has 0 spiro atoms. The lowest BCUT2D eigenvalue weighted by Gasteiger charge is -2.23. The third-order valence-corrected chi connectivity index (χ3v) is 6.64. The van der Waals surface area contributed by atoms with E-state index in [0.717, 1.165) is 23.3 Å². The minimum atomic E-state index is -1.23. The molecule has 1 unspecified atom stereocenters. The van der Waals surface area contributed by atoms with Crippen LogP contribution < -0.4 is 24.8 Å². The SMILES string of the molecule is COC(=O)Oc1csc(NC(=O)[C@H](Cc2cscn2)N2C(=O)NC(c3ccc4c(c3)OCO4)C2=O)n1. The zero-order chi connectivity index (χ0) is 25.2. The van der Waals surface area contributed by atoms with Gasteiger partial charge in [0.1, 0.15) is 12.1 Å². The number of imide groups is 1. The number of rotatable bonds is 7. The Kier molecular flexibility index (Phi) is 6.39. The van der Waals surface area contributed by atoms with Crippen molar-refractivity contribution < 1.29 is 38.1 Å². The lowest BCUT2D eigenvalue weighted by molar-refractivity contribution is -0.134. The molecule has 2 aromatic heterocycles. The van der Waals surface area contributed by atoms with Crippen molar-refractivity contribution in [1.29, 1.82) is 0 Å².